The molecule has 0 bridgehead atoms. The van der Waals surface area contributed by atoms with Crippen LogP contribution >= 0.6 is 0 Å². The fourth-order valence-electron chi connectivity index (χ4n) is 0. The van der Waals surface area contributed by atoms with Crippen molar-refractivity contribution in [3.63, 3.8) is 0 Å². The van der Waals surface area contributed by atoms with Crippen molar-refractivity contribution in [1.82, 2.24) is 0 Å². The Kier molecular flexibility index (Phi) is 758. The summed E-state index contributed by atoms with van der Waals surface area (Å²) in [4.78, 5) is 0. The van der Waals surface area contributed by atoms with Crippen molar-refractivity contribution in [2.45, 2.75) is 0 Å². The van der Waals surface area contributed by atoms with Gasteiger partial charge in [-0.3, -0.25) is 0 Å². The van der Waals surface area contributed by atoms with E-state index in [1.165, 1.54) is 0 Å². The van der Waals surface area contributed by atoms with Gasteiger partial charge in [0, 0.05) is 0 Å². The zero-order valence-electron chi connectivity index (χ0n) is 5.50. The molecule has 0 aromatic heterocycles. The third kappa shape index (κ3) is 74.0. The minimum atomic E-state index is 0. The molecule has 0 aliphatic heterocycles. The van der Waals surface area contributed by atoms with Crippen LogP contribution in [-0.4, -0.2) is 182 Å². The zero-order chi connectivity index (χ0) is 0. The van der Waals surface area contributed by atoms with E-state index in [-0.39, 0.29) is 262 Å². The summed E-state index contributed by atoms with van der Waals surface area (Å²) in [5.41, 5.74) is 0. The Hall–Kier alpha value is 7.62. The fourth-order valence-corrected chi connectivity index (χ4v) is 0. The van der Waals surface area contributed by atoms with Crippen molar-refractivity contribution in [2.75, 3.05) is 0 Å². The molecular weight excluding hydrogens is 579 g/mol. The van der Waals surface area contributed by atoms with Crippen LogP contribution in [0, 0.1) is 0 Å². The Morgan fingerprint density at radius 2 is 0.273 bits per heavy atom. The topological polar surface area (TPSA) is 28.5 Å². The van der Waals surface area contributed by atoms with Crippen LogP contribution in [0.4, 0.5) is 0 Å². The van der Waals surface area contributed by atoms with E-state index in [9.17, 15) is 0 Å². The maximum atomic E-state index is 0. The average Bonchev–Trinajstić information content (AvgIpc) is 0. The molecule has 0 atom stereocenters. The molecule has 0 aromatic rings. The first-order chi connectivity index (χ1) is 0. The van der Waals surface area contributed by atoms with Gasteiger partial charge in [0.2, 0.25) is 0 Å². The standard InChI is InChI=1S/6ClH.O.4Sr/h6*1H;;;;;/q;;;;;;-2;4*+2/p-6. The van der Waals surface area contributed by atoms with Crippen LogP contribution in [0.1, 0.15) is 0 Å². The van der Waals surface area contributed by atoms with Gasteiger partial charge in [-0.2, -0.15) is 0 Å². The fraction of sp³-hybridized carbons (Fsp3) is 0. The molecule has 0 spiro atoms. The van der Waals surface area contributed by atoms with Crippen LogP contribution in [0.3, 0.4) is 0 Å². The van der Waals surface area contributed by atoms with E-state index in [1.54, 1.807) is 0 Å². The van der Waals surface area contributed by atoms with Gasteiger partial charge >= 0.3 is 182 Å². The smallest absolute Gasteiger partial charge is 2.00 e. The summed E-state index contributed by atoms with van der Waals surface area (Å²) in [6.07, 6.45) is 0. The first kappa shape index (κ1) is 99.5. The second-order valence-electron chi connectivity index (χ2n) is 0. The summed E-state index contributed by atoms with van der Waals surface area (Å²) in [6, 6.07) is 0. The summed E-state index contributed by atoms with van der Waals surface area (Å²) in [6.45, 7) is 0. The largest absolute Gasteiger partial charge is 2.00 e. The van der Waals surface area contributed by atoms with Crippen LogP contribution < -0.4 is 74.4 Å². The molecule has 0 unspecified atom stereocenters. The van der Waals surface area contributed by atoms with E-state index in [2.05, 4.69) is 0 Å². The molecule has 11 heteroatoms. The van der Waals surface area contributed by atoms with Gasteiger partial charge in [0.05, 0.1) is 0 Å². The van der Waals surface area contributed by atoms with Crippen molar-refractivity contribution in [1.29, 1.82) is 0 Å². The van der Waals surface area contributed by atoms with Gasteiger partial charge in [-0.05, 0) is 0 Å². The molecule has 0 aliphatic carbocycles. The van der Waals surface area contributed by atoms with Crippen LogP contribution in [0.25, 0.3) is 0 Å². The summed E-state index contributed by atoms with van der Waals surface area (Å²) in [7, 11) is 0. The van der Waals surface area contributed by atoms with Gasteiger partial charge in [0.1, 0.15) is 0 Å². The molecule has 0 amide bonds. The Bertz CT molecular complexity index is 14.5. The molecule has 0 N–H and O–H groups in total. The molecule has 0 saturated carbocycles. The predicted molar refractivity (Wildman–Crippen MR) is 23.7 cm³/mol. The van der Waals surface area contributed by atoms with E-state index in [0.29, 0.717) is 0 Å². The predicted octanol–water partition coefficient (Wildman–Crippen LogP) is -19.6. The maximum absolute atomic E-state index is 0. The Morgan fingerprint density at radius 1 is 0.273 bits per heavy atom. The minimum Gasteiger partial charge on any atom is -2.00 e. The zero-order valence-corrected chi connectivity index (χ0v) is 23.9. The molecule has 0 rings (SSSR count). The molecule has 0 aliphatic rings. The van der Waals surface area contributed by atoms with Crippen molar-refractivity contribution in [3.05, 3.63) is 0 Å². The van der Waals surface area contributed by atoms with Crippen molar-refractivity contribution in [2.24, 2.45) is 0 Å². The molecule has 0 saturated heterocycles. The first-order valence-electron chi connectivity index (χ1n) is 0. The Morgan fingerprint density at radius 3 is 0.273 bits per heavy atom. The summed E-state index contributed by atoms with van der Waals surface area (Å²) < 4.78 is 0. The Balaban J connectivity index is 0. The molecule has 0 radical (unpaired) electrons. The van der Waals surface area contributed by atoms with E-state index in [0.717, 1.165) is 0 Å². The summed E-state index contributed by atoms with van der Waals surface area (Å²) in [5.74, 6) is 0. The van der Waals surface area contributed by atoms with Crippen LogP contribution in [0.2, 0.25) is 0 Å². The number of halogens is 6. The van der Waals surface area contributed by atoms with Crippen molar-refractivity contribution in [3.8, 4) is 0 Å². The second kappa shape index (κ2) is 83.8. The van der Waals surface area contributed by atoms with Gasteiger partial charge in [0.15, 0.2) is 0 Å². The molecule has 0 aromatic carbocycles. The summed E-state index contributed by atoms with van der Waals surface area (Å²) in [5, 5.41) is 0. The molecule has 11 heavy (non-hydrogen) atoms. The molecule has 56 valence electrons. The third-order valence-electron chi connectivity index (χ3n) is 0. The maximum Gasteiger partial charge on any atom is 2.00 e. The number of hydrogen-bond acceptors (Lipinski definition) is 0. The van der Waals surface area contributed by atoms with Gasteiger partial charge < -0.3 is 79.9 Å². The van der Waals surface area contributed by atoms with Crippen LogP contribution in [0.5, 0.6) is 0 Å². The van der Waals surface area contributed by atoms with Gasteiger partial charge in [0.25, 0.3) is 0 Å². The van der Waals surface area contributed by atoms with E-state index in [1.807, 2.05) is 0 Å². The SMILES string of the molecule is [Cl-].[Cl-].[Cl-].[Cl-].[Cl-].[Cl-].[O-2].[Sr+2].[Sr+2].[Sr+2].[Sr+2]. The first-order valence-corrected chi connectivity index (χ1v) is 0. The monoisotopic (exact) mass is 577 g/mol. The molecule has 0 heterocycles. The van der Waals surface area contributed by atoms with E-state index < -0.39 is 0 Å². The minimum absolute atomic E-state index is 0. The van der Waals surface area contributed by atoms with Gasteiger partial charge in [-0.1, -0.05) is 0 Å². The van der Waals surface area contributed by atoms with E-state index >= 15 is 0 Å². The van der Waals surface area contributed by atoms with Crippen LogP contribution in [0.15, 0.2) is 0 Å². The number of rotatable bonds is 0. The summed E-state index contributed by atoms with van der Waals surface area (Å²) >= 11 is 0. The molecular formula is Cl6OSr4. The molecule has 1 nitrogen and oxygen atoms in total. The van der Waals surface area contributed by atoms with Crippen LogP contribution in [-0.2, 0) is 5.48 Å². The van der Waals surface area contributed by atoms with Gasteiger partial charge in [-0.25, -0.2) is 0 Å². The van der Waals surface area contributed by atoms with Crippen molar-refractivity contribution < 1.29 is 79.9 Å². The van der Waals surface area contributed by atoms with Gasteiger partial charge in [-0.15, -0.1) is 0 Å². The quantitative estimate of drug-likeness (QED) is 0.256. The van der Waals surface area contributed by atoms with Crippen molar-refractivity contribution >= 4 is 182 Å². The average molecular weight is 579 g/mol. The van der Waals surface area contributed by atoms with E-state index in [4.69, 9.17) is 0 Å². The second-order valence-corrected chi connectivity index (χ2v) is 0. The Labute approximate surface area is 253 Å². The number of hydrogen-bond donors (Lipinski definition) is 0. The normalized spacial score (nSPS) is 0. The molecule has 0 fully saturated rings. The third-order valence-corrected chi connectivity index (χ3v) is 0.